The molecule has 17 heavy (non-hydrogen) atoms. The van der Waals surface area contributed by atoms with E-state index in [9.17, 15) is 9.90 Å². The first-order chi connectivity index (χ1) is 7.82. The highest BCUT2D eigenvalue weighted by Crippen LogP contribution is 2.47. The first-order valence-electron chi connectivity index (χ1n) is 6.33. The van der Waals surface area contributed by atoms with Crippen LogP contribution in [0, 0.1) is 23.2 Å². The number of carboxylic acid groups (broad SMARTS) is 1. The van der Waals surface area contributed by atoms with E-state index in [0.717, 1.165) is 19.3 Å². The lowest BCUT2D eigenvalue weighted by Crippen LogP contribution is -2.46. The highest BCUT2D eigenvalue weighted by Gasteiger charge is 2.46. The monoisotopic (exact) mass is 262 g/mol. The second kappa shape index (κ2) is 5.57. The molecule has 1 aliphatic rings. The number of aliphatic carboxylic acids is 1. The molecule has 0 bridgehead atoms. The molecule has 4 atom stereocenters. The predicted molar refractivity (Wildman–Crippen MR) is 67.8 cm³/mol. The van der Waals surface area contributed by atoms with E-state index in [1.165, 1.54) is 0 Å². The van der Waals surface area contributed by atoms with Gasteiger partial charge in [0.05, 0.1) is 23.9 Å². The van der Waals surface area contributed by atoms with Gasteiger partial charge >= 0.3 is 5.97 Å². The average molecular weight is 263 g/mol. The van der Waals surface area contributed by atoms with Gasteiger partial charge in [0, 0.05) is 0 Å². The first kappa shape index (κ1) is 14.8. The summed E-state index contributed by atoms with van der Waals surface area (Å²) in [6, 6.07) is 0. The molecule has 0 heterocycles. The molecular weight excluding hydrogens is 240 g/mol. The van der Waals surface area contributed by atoms with E-state index in [1.54, 1.807) is 0 Å². The van der Waals surface area contributed by atoms with Crippen molar-refractivity contribution in [1.29, 1.82) is 0 Å². The number of carboxylic acids is 1. The number of halogens is 1. The van der Waals surface area contributed by atoms with E-state index >= 15 is 0 Å². The normalized spacial score (nSPS) is 34.6. The zero-order valence-corrected chi connectivity index (χ0v) is 11.8. The maximum Gasteiger partial charge on any atom is 0.309 e. The highest BCUT2D eigenvalue weighted by atomic mass is 35.5. The van der Waals surface area contributed by atoms with Crippen molar-refractivity contribution in [3.05, 3.63) is 0 Å². The van der Waals surface area contributed by atoms with Crippen LogP contribution in [0.1, 0.15) is 47.0 Å². The third-order valence-corrected chi connectivity index (χ3v) is 4.35. The summed E-state index contributed by atoms with van der Waals surface area (Å²) >= 11 is 5.44. The lowest BCUT2D eigenvalue weighted by Gasteiger charge is -2.45. The van der Waals surface area contributed by atoms with Crippen LogP contribution >= 0.6 is 11.9 Å². The van der Waals surface area contributed by atoms with Gasteiger partial charge in [-0.15, -0.1) is 0 Å². The topological polar surface area (TPSA) is 46.5 Å². The number of hydrogen-bond donors (Lipinski definition) is 1. The van der Waals surface area contributed by atoms with Crippen LogP contribution in [-0.4, -0.2) is 17.2 Å². The molecule has 1 aliphatic carbocycles. The Hall–Kier alpha value is -0.280. The molecule has 1 fully saturated rings. The van der Waals surface area contributed by atoms with Crippen molar-refractivity contribution in [2.24, 2.45) is 23.2 Å². The zero-order chi connectivity index (χ0) is 13.2. The van der Waals surface area contributed by atoms with Crippen molar-refractivity contribution in [2.75, 3.05) is 0 Å². The summed E-state index contributed by atoms with van der Waals surface area (Å²) in [5.74, 6) is -0.700. The molecule has 1 saturated carbocycles. The van der Waals surface area contributed by atoms with Gasteiger partial charge in [0.2, 0.25) is 0 Å². The van der Waals surface area contributed by atoms with Crippen LogP contribution in [0.15, 0.2) is 0 Å². The Morgan fingerprint density at radius 2 is 2.00 bits per heavy atom. The molecule has 0 radical (unpaired) electrons. The average Bonchev–Trinajstić information content (AvgIpc) is 2.25. The molecule has 100 valence electrons. The number of hydrogen-bond acceptors (Lipinski definition) is 2. The second-order valence-electron chi connectivity index (χ2n) is 6.11. The van der Waals surface area contributed by atoms with Gasteiger partial charge in [0.1, 0.15) is 0 Å². The largest absolute Gasteiger partial charge is 0.481 e. The quantitative estimate of drug-likeness (QED) is 0.843. The minimum absolute atomic E-state index is 0.131. The molecule has 1 rings (SSSR count). The van der Waals surface area contributed by atoms with E-state index in [2.05, 4.69) is 27.7 Å². The number of rotatable bonds is 3. The first-order valence-corrected chi connectivity index (χ1v) is 6.64. The molecule has 0 aromatic carbocycles. The molecule has 1 N–H and O–H groups in total. The molecule has 0 spiro atoms. The van der Waals surface area contributed by atoms with Crippen molar-refractivity contribution in [3.8, 4) is 0 Å². The molecule has 0 saturated heterocycles. The Morgan fingerprint density at radius 1 is 1.41 bits per heavy atom. The zero-order valence-electron chi connectivity index (χ0n) is 11.1. The molecule has 0 aromatic heterocycles. The molecule has 3 nitrogen and oxygen atoms in total. The maximum atomic E-state index is 11.4. The molecule has 4 unspecified atom stereocenters. The minimum Gasteiger partial charge on any atom is -0.481 e. The highest BCUT2D eigenvalue weighted by molar-refractivity contribution is 6.07. The van der Waals surface area contributed by atoms with Crippen molar-refractivity contribution in [3.63, 3.8) is 0 Å². The molecule has 4 heteroatoms. The third-order valence-electron chi connectivity index (χ3n) is 4.12. The van der Waals surface area contributed by atoms with E-state index in [-0.39, 0.29) is 17.4 Å². The van der Waals surface area contributed by atoms with Crippen LogP contribution in [0.5, 0.6) is 0 Å². The van der Waals surface area contributed by atoms with Crippen molar-refractivity contribution in [2.45, 2.75) is 53.1 Å². The van der Waals surface area contributed by atoms with E-state index in [1.807, 2.05) is 0 Å². The summed E-state index contributed by atoms with van der Waals surface area (Å²) in [4.78, 5) is 11.4. The minimum atomic E-state index is -0.781. The van der Waals surface area contributed by atoms with Gasteiger partial charge < -0.3 is 5.11 Å². The van der Waals surface area contributed by atoms with Crippen LogP contribution < -0.4 is 0 Å². The Balaban J connectivity index is 2.98. The maximum absolute atomic E-state index is 11.4. The summed E-state index contributed by atoms with van der Waals surface area (Å²) in [6.07, 6.45) is 2.23. The molecule has 0 aromatic rings. The lowest BCUT2D eigenvalue weighted by molar-refractivity contribution is -0.153. The fraction of sp³-hybridized carbons (Fsp3) is 0.923. The summed E-state index contributed by atoms with van der Waals surface area (Å²) in [5.41, 5.74) is 0.131. The molecule has 0 aliphatic heterocycles. The van der Waals surface area contributed by atoms with Gasteiger partial charge in [0.15, 0.2) is 0 Å². The summed E-state index contributed by atoms with van der Waals surface area (Å²) < 4.78 is 4.85. The Bertz CT molecular complexity index is 272. The van der Waals surface area contributed by atoms with Gasteiger partial charge in [0.25, 0.3) is 0 Å². The lowest BCUT2D eigenvalue weighted by atomic mass is 9.61. The van der Waals surface area contributed by atoms with Crippen molar-refractivity contribution >= 4 is 17.8 Å². The predicted octanol–water partition coefficient (Wildman–Crippen LogP) is 3.71. The van der Waals surface area contributed by atoms with Crippen LogP contribution in [0.3, 0.4) is 0 Å². The van der Waals surface area contributed by atoms with Crippen LogP contribution in [0.25, 0.3) is 0 Å². The van der Waals surface area contributed by atoms with E-state index in [0.29, 0.717) is 5.92 Å². The van der Waals surface area contributed by atoms with E-state index < -0.39 is 11.9 Å². The Labute approximate surface area is 109 Å². The summed E-state index contributed by atoms with van der Waals surface area (Å²) in [7, 11) is 0. The van der Waals surface area contributed by atoms with Gasteiger partial charge in [-0.2, -0.15) is 0 Å². The Morgan fingerprint density at radius 3 is 2.35 bits per heavy atom. The molecular formula is C13H23ClO3. The fourth-order valence-corrected chi connectivity index (χ4v) is 3.52. The van der Waals surface area contributed by atoms with E-state index in [4.69, 9.17) is 16.2 Å². The van der Waals surface area contributed by atoms with Gasteiger partial charge in [-0.05, 0) is 30.1 Å². The SMILES string of the molecule is CCC1C(C(=O)O)C(OCl)CCC1C(C)(C)C. The van der Waals surface area contributed by atoms with Crippen molar-refractivity contribution in [1.82, 2.24) is 0 Å². The summed E-state index contributed by atoms with van der Waals surface area (Å²) in [6.45, 7) is 8.60. The number of carbonyl (C=O) groups is 1. The van der Waals surface area contributed by atoms with Crippen molar-refractivity contribution < 1.29 is 14.2 Å². The molecule has 0 amide bonds. The smallest absolute Gasteiger partial charge is 0.309 e. The summed E-state index contributed by atoms with van der Waals surface area (Å²) in [5, 5.41) is 9.39. The standard InChI is InChI=1S/C13H23ClO3/c1-5-8-9(13(2,3)4)6-7-10(17-14)11(8)12(15)16/h8-11H,5-7H2,1-4H3,(H,15,16). The van der Waals surface area contributed by atoms with Crippen LogP contribution in [0.4, 0.5) is 0 Å². The van der Waals surface area contributed by atoms with Gasteiger partial charge in [-0.3, -0.25) is 9.08 Å². The van der Waals surface area contributed by atoms with Crippen LogP contribution in [-0.2, 0) is 9.08 Å². The van der Waals surface area contributed by atoms with Gasteiger partial charge in [-0.1, -0.05) is 34.1 Å². The Kier molecular flexibility index (Phi) is 4.85. The fourth-order valence-electron chi connectivity index (χ4n) is 3.32. The van der Waals surface area contributed by atoms with Gasteiger partial charge in [-0.25, -0.2) is 0 Å². The second-order valence-corrected chi connectivity index (χ2v) is 6.29. The third kappa shape index (κ3) is 3.14. The van der Waals surface area contributed by atoms with Crippen LogP contribution in [0.2, 0.25) is 0 Å².